The zero-order valence-corrected chi connectivity index (χ0v) is 11.7. The second-order valence-corrected chi connectivity index (χ2v) is 4.98. The molecule has 1 aromatic rings. The van der Waals surface area contributed by atoms with E-state index in [1.165, 1.54) is 0 Å². The molecule has 104 valence electrons. The molecule has 1 atom stereocenters. The van der Waals surface area contributed by atoms with Crippen LogP contribution in [0.2, 0.25) is 5.02 Å². The Balaban J connectivity index is 1.71. The van der Waals surface area contributed by atoms with Crippen LogP contribution in [0.15, 0.2) is 18.2 Å². The molecule has 1 aromatic carbocycles. The predicted octanol–water partition coefficient (Wildman–Crippen LogP) is 2.32. The Morgan fingerprint density at radius 3 is 3.16 bits per heavy atom. The SMILES string of the molecule is Cc1ccc(Cl)c(OCCNC(=O)C2CCCO2)c1. The summed E-state index contributed by atoms with van der Waals surface area (Å²) in [5.41, 5.74) is 1.09. The Bertz CT molecular complexity index is 444. The lowest BCUT2D eigenvalue weighted by Crippen LogP contribution is -2.36. The topological polar surface area (TPSA) is 47.6 Å². The van der Waals surface area contributed by atoms with Crippen molar-refractivity contribution < 1.29 is 14.3 Å². The quantitative estimate of drug-likeness (QED) is 0.844. The number of benzene rings is 1. The number of ether oxygens (including phenoxy) is 2. The molecule has 1 heterocycles. The molecule has 0 aliphatic carbocycles. The van der Waals surface area contributed by atoms with E-state index >= 15 is 0 Å². The van der Waals surface area contributed by atoms with Gasteiger partial charge in [-0.2, -0.15) is 0 Å². The number of carbonyl (C=O) groups is 1. The molecule has 5 heteroatoms. The highest BCUT2D eigenvalue weighted by Gasteiger charge is 2.22. The molecule has 19 heavy (non-hydrogen) atoms. The Kier molecular flexibility index (Phi) is 5.05. The van der Waals surface area contributed by atoms with Crippen LogP contribution in [0.3, 0.4) is 0 Å². The highest BCUT2D eigenvalue weighted by atomic mass is 35.5. The molecule has 1 aliphatic rings. The van der Waals surface area contributed by atoms with Crippen LogP contribution in [0.4, 0.5) is 0 Å². The number of carbonyl (C=O) groups excluding carboxylic acids is 1. The van der Waals surface area contributed by atoms with E-state index in [9.17, 15) is 4.79 Å². The van der Waals surface area contributed by atoms with E-state index in [1.54, 1.807) is 6.07 Å². The van der Waals surface area contributed by atoms with Crippen molar-refractivity contribution >= 4 is 17.5 Å². The molecule has 0 spiro atoms. The molecule has 4 nitrogen and oxygen atoms in total. The van der Waals surface area contributed by atoms with Gasteiger partial charge in [0, 0.05) is 6.61 Å². The highest BCUT2D eigenvalue weighted by Crippen LogP contribution is 2.24. The lowest BCUT2D eigenvalue weighted by atomic mass is 10.2. The van der Waals surface area contributed by atoms with Crippen molar-refractivity contribution in [3.05, 3.63) is 28.8 Å². The average molecular weight is 284 g/mol. The monoisotopic (exact) mass is 283 g/mol. The van der Waals surface area contributed by atoms with Crippen LogP contribution in [-0.4, -0.2) is 31.8 Å². The van der Waals surface area contributed by atoms with Crippen LogP contribution >= 0.6 is 11.6 Å². The molecule has 0 saturated carbocycles. The average Bonchev–Trinajstić information content (AvgIpc) is 2.92. The van der Waals surface area contributed by atoms with Crippen LogP contribution in [0, 0.1) is 6.92 Å². The smallest absolute Gasteiger partial charge is 0.249 e. The molecular formula is C14H18ClNO3. The number of hydrogen-bond acceptors (Lipinski definition) is 3. The molecule has 1 saturated heterocycles. The van der Waals surface area contributed by atoms with Crippen LogP contribution in [0.5, 0.6) is 5.75 Å². The van der Waals surface area contributed by atoms with E-state index in [2.05, 4.69) is 5.32 Å². The lowest BCUT2D eigenvalue weighted by molar-refractivity contribution is -0.130. The minimum absolute atomic E-state index is 0.0589. The first-order valence-corrected chi connectivity index (χ1v) is 6.83. The van der Waals surface area contributed by atoms with E-state index in [1.807, 2.05) is 19.1 Å². The number of halogens is 1. The summed E-state index contributed by atoms with van der Waals surface area (Å²) in [4.78, 5) is 11.7. The number of hydrogen-bond donors (Lipinski definition) is 1. The molecule has 1 fully saturated rings. The third kappa shape index (κ3) is 4.11. The molecule has 1 amide bonds. The minimum Gasteiger partial charge on any atom is -0.490 e. The maximum absolute atomic E-state index is 11.7. The Hall–Kier alpha value is -1.26. The number of rotatable bonds is 5. The summed E-state index contributed by atoms with van der Waals surface area (Å²) in [6.07, 6.45) is 1.46. The fourth-order valence-corrected chi connectivity index (χ4v) is 2.13. The van der Waals surface area contributed by atoms with Gasteiger partial charge in [-0.15, -0.1) is 0 Å². The van der Waals surface area contributed by atoms with Gasteiger partial charge < -0.3 is 14.8 Å². The maximum Gasteiger partial charge on any atom is 0.249 e. The van der Waals surface area contributed by atoms with Gasteiger partial charge in [0.1, 0.15) is 18.5 Å². The Morgan fingerprint density at radius 2 is 2.42 bits per heavy atom. The number of nitrogens with one attached hydrogen (secondary N) is 1. The van der Waals surface area contributed by atoms with Gasteiger partial charge in [0.05, 0.1) is 11.6 Å². The maximum atomic E-state index is 11.7. The normalized spacial score (nSPS) is 18.3. The molecule has 0 aromatic heterocycles. The van der Waals surface area contributed by atoms with Crippen LogP contribution < -0.4 is 10.1 Å². The first-order chi connectivity index (χ1) is 9.16. The summed E-state index contributed by atoms with van der Waals surface area (Å²) in [5, 5.41) is 3.38. The van der Waals surface area contributed by atoms with Crippen molar-refractivity contribution in [3.63, 3.8) is 0 Å². The number of aryl methyl sites for hydroxylation is 1. The van der Waals surface area contributed by atoms with Crippen LogP contribution in [0.25, 0.3) is 0 Å². The molecule has 1 aliphatic heterocycles. The molecule has 1 N–H and O–H groups in total. The fourth-order valence-electron chi connectivity index (χ4n) is 1.95. The highest BCUT2D eigenvalue weighted by molar-refractivity contribution is 6.32. The zero-order chi connectivity index (χ0) is 13.7. The summed E-state index contributed by atoms with van der Waals surface area (Å²) in [5.74, 6) is 0.587. The van der Waals surface area contributed by atoms with E-state index in [0.717, 1.165) is 18.4 Å². The summed E-state index contributed by atoms with van der Waals surface area (Å²) >= 11 is 6.01. The van der Waals surface area contributed by atoms with Gasteiger partial charge in [0.2, 0.25) is 5.91 Å². The van der Waals surface area contributed by atoms with Crippen molar-refractivity contribution in [2.75, 3.05) is 19.8 Å². The third-order valence-corrected chi connectivity index (χ3v) is 3.28. The van der Waals surface area contributed by atoms with Gasteiger partial charge in [-0.25, -0.2) is 0 Å². The van der Waals surface area contributed by atoms with Gasteiger partial charge in [0.25, 0.3) is 0 Å². The second kappa shape index (κ2) is 6.78. The summed E-state index contributed by atoms with van der Waals surface area (Å²) in [6, 6.07) is 5.61. The van der Waals surface area contributed by atoms with Gasteiger partial charge in [-0.1, -0.05) is 17.7 Å². The van der Waals surface area contributed by atoms with Crippen molar-refractivity contribution in [1.29, 1.82) is 0 Å². The van der Waals surface area contributed by atoms with Crippen molar-refractivity contribution in [2.24, 2.45) is 0 Å². The van der Waals surface area contributed by atoms with Crippen molar-refractivity contribution in [3.8, 4) is 5.75 Å². The van der Waals surface area contributed by atoms with Crippen LogP contribution in [-0.2, 0) is 9.53 Å². The molecule has 2 rings (SSSR count). The zero-order valence-electron chi connectivity index (χ0n) is 10.9. The Labute approximate surface area is 118 Å². The van der Waals surface area contributed by atoms with Gasteiger partial charge >= 0.3 is 0 Å². The van der Waals surface area contributed by atoms with Crippen molar-refractivity contribution in [2.45, 2.75) is 25.9 Å². The minimum atomic E-state index is -0.289. The van der Waals surface area contributed by atoms with Gasteiger partial charge in [-0.05, 0) is 37.5 Å². The lowest BCUT2D eigenvalue weighted by Gasteiger charge is -2.12. The van der Waals surface area contributed by atoms with Crippen LogP contribution in [0.1, 0.15) is 18.4 Å². The van der Waals surface area contributed by atoms with Gasteiger partial charge in [-0.3, -0.25) is 4.79 Å². The number of amides is 1. The Morgan fingerprint density at radius 1 is 1.58 bits per heavy atom. The summed E-state index contributed by atoms with van der Waals surface area (Å²) < 4.78 is 10.8. The predicted molar refractivity (Wildman–Crippen MR) is 73.7 cm³/mol. The molecule has 0 bridgehead atoms. The standard InChI is InChI=1S/C14H18ClNO3/c1-10-4-5-11(15)13(9-10)19-8-6-16-14(17)12-3-2-7-18-12/h4-5,9,12H,2-3,6-8H2,1H3,(H,16,17). The van der Waals surface area contributed by atoms with Gasteiger partial charge in [0.15, 0.2) is 0 Å². The largest absolute Gasteiger partial charge is 0.490 e. The summed E-state index contributed by atoms with van der Waals surface area (Å²) in [7, 11) is 0. The molecule has 0 radical (unpaired) electrons. The van der Waals surface area contributed by atoms with Crippen molar-refractivity contribution in [1.82, 2.24) is 5.32 Å². The third-order valence-electron chi connectivity index (χ3n) is 2.97. The second-order valence-electron chi connectivity index (χ2n) is 4.58. The first-order valence-electron chi connectivity index (χ1n) is 6.45. The van der Waals surface area contributed by atoms with E-state index in [-0.39, 0.29) is 12.0 Å². The fraction of sp³-hybridized carbons (Fsp3) is 0.500. The first kappa shape index (κ1) is 14.2. The van der Waals surface area contributed by atoms with E-state index in [0.29, 0.717) is 30.5 Å². The van der Waals surface area contributed by atoms with E-state index < -0.39 is 0 Å². The molecular weight excluding hydrogens is 266 g/mol. The molecule has 1 unspecified atom stereocenters. The van der Waals surface area contributed by atoms with E-state index in [4.69, 9.17) is 21.1 Å². The summed E-state index contributed by atoms with van der Waals surface area (Å²) in [6.45, 7) is 3.49.